The highest BCUT2D eigenvalue weighted by Gasteiger charge is 2.34. The van der Waals surface area contributed by atoms with Gasteiger partial charge in [0, 0.05) is 6.20 Å². The summed E-state index contributed by atoms with van der Waals surface area (Å²) in [5, 5.41) is 0. The number of pyridine rings is 1. The number of rotatable bonds is 0. The minimum atomic E-state index is -4.34. The predicted octanol–water partition coefficient (Wildman–Crippen LogP) is 2.88. The van der Waals surface area contributed by atoms with Crippen LogP contribution >= 0.6 is 0 Å². The third-order valence-electron chi connectivity index (χ3n) is 1.74. The molecule has 0 saturated heterocycles. The maximum atomic E-state index is 12.2. The molecule has 0 aliphatic carbocycles. The fourth-order valence-corrected chi connectivity index (χ4v) is 0.918. The standard InChI is InChI=1S/C8H8F3N.H3N/c1-5-3-4-12-7(6(5)2)8(9,10)11;/h3-4H,1-2H3;1H3. The summed E-state index contributed by atoms with van der Waals surface area (Å²) in [6.45, 7) is 3.05. The van der Waals surface area contributed by atoms with Crippen molar-refractivity contribution in [3.8, 4) is 0 Å². The van der Waals surface area contributed by atoms with Crippen LogP contribution in [-0.4, -0.2) is 4.98 Å². The van der Waals surface area contributed by atoms with Crippen LogP contribution in [0.3, 0.4) is 0 Å². The van der Waals surface area contributed by atoms with E-state index in [1.165, 1.54) is 13.1 Å². The number of nitrogens with zero attached hydrogens (tertiary/aromatic N) is 1. The Morgan fingerprint density at radius 3 is 2.15 bits per heavy atom. The summed E-state index contributed by atoms with van der Waals surface area (Å²) in [5.41, 5.74) is 0.0184. The average Bonchev–Trinajstić information content (AvgIpc) is 1.92. The van der Waals surface area contributed by atoms with Crippen molar-refractivity contribution in [1.29, 1.82) is 0 Å². The molecule has 0 bridgehead atoms. The minimum Gasteiger partial charge on any atom is -0.344 e. The summed E-state index contributed by atoms with van der Waals surface area (Å²) < 4.78 is 36.5. The van der Waals surface area contributed by atoms with Gasteiger partial charge < -0.3 is 6.15 Å². The Kier molecular flexibility index (Phi) is 3.42. The SMILES string of the molecule is Cc1ccnc(C(F)(F)F)c1C.N. The van der Waals surface area contributed by atoms with E-state index in [9.17, 15) is 13.2 Å². The zero-order chi connectivity index (χ0) is 9.35. The van der Waals surface area contributed by atoms with Crippen molar-refractivity contribution in [2.45, 2.75) is 20.0 Å². The lowest BCUT2D eigenvalue weighted by molar-refractivity contribution is -0.141. The number of aryl methyl sites for hydroxylation is 1. The van der Waals surface area contributed by atoms with Crippen LogP contribution in [0.15, 0.2) is 12.3 Å². The van der Waals surface area contributed by atoms with E-state index >= 15 is 0 Å². The maximum Gasteiger partial charge on any atom is 0.433 e. The molecule has 2 nitrogen and oxygen atoms in total. The summed E-state index contributed by atoms with van der Waals surface area (Å²) in [7, 11) is 0. The highest BCUT2D eigenvalue weighted by Crippen LogP contribution is 2.30. The average molecular weight is 192 g/mol. The molecular formula is C8H11F3N2. The molecular weight excluding hydrogens is 181 g/mol. The second kappa shape index (κ2) is 3.74. The first-order chi connectivity index (χ1) is 5.43. The molecule has 1 aromatic rings. The predicted molar refractivity (Wildman–Crippen MR) is 43.7 cm³/mol. The van der Waals surface area contributed by atoms with Gasteiger partial charge in [-0.25, -0.2) is 0 Å². The Labute approximate surface area is 74.4 Å². The fraction of sp³-hybridized carbons (Fsp3) is 0.375. The Morgan fingerprint density at radius 1 is 1.23 bits per heavy atom. The van der Waals surface area contributed by atoms with E-state index in [4.69, 9.17) is 0 Å². The number of hydrogen-bond donors (Lipinski definition) is 1. The van der Waals surface area contributed by atoms with E-state index in [2.05, 4.69) is 4.98 Å². The van der Waals surface area contributed by atoms with Gasteiger partial charge in [-0.05, 0) is 31.0 Å². The molecule has 1 rings (SSSR count). The van der Waals surface area contributed by atoms with Crippen LogP contribution in [0.2, 0.25) is 0 Å². The maximum absolute atomic E-state index is 12.2. The third kappa shape index (κ3) is 2.42. The van der Waals surface area contributed by atoms with Crippen molar-refractivity contribution in [2.24, 2.45) is 0 Å². The normalized spacial score (nSPS) is 10.8. The molecule has 0 aliphatic rings. The zero-order valence-electron chi connectivity index (χ0n) is 7.44. The van der Waals surface area contributed by atoms with Gasteiger partial charge in [-0.15, -0.1) is 0 Å². The molecule has 0 aromatic carbocycles. The Balaban J connectivity index is 0.00000144. The van der Waals surface area contributed by atoms with E-state index in [1.807, 2.05) is 0 Å². The highest BCUT2D eigenvalue weighted by atomic mass is 19.4. The summed E-state index contributed by atoms with van der Waals surface area (Å²) in [4.78, 5) is 3.29. The van der Waals surface area contributed by atoms with Crippen LogP contribution in [0.5, 0.6) is 0 Å². The first-order valence-electron chi connectivity index (χ1n) is 3.42. The van der Waals surface area contributed by atoms with Crippen LogP contribution in [0.1, 0.15) is 16.8 Å². The Bertz CT molecular complexity index is 294. The lowest BCUT2D eigenvalue weighted by atomic mass is 10.1. The molecule has 0 saturated carbocycles. The van der Waals surface area contributed by atoms with E-state index in [0.717, 1.165) is 0 Å². The topological polar surface area (TPSA) is 47.9 Å². The number of halogens is 3. The second-order valence-electron chi connectivity index (χ2n) is 2.60. The first-order valence-corrected chi connectivity index (χ1v) is 3.42. The molecule has 5 heteroatoms. The summed E-state index contributed by atoms with van der Waals surface area (Å²) >= 11 is 0. The van der Waals surface area contributed by atoms with Crippen LogP contribution in [0.4, 0.5) is 13.2 Å². The first kappa shape index (κ1) is 11.9. The Morgan fingerprint density at radius 2 is 1.77 bits per heavy atom. The molecule has 74 valence electrons. The molecule has 0 fully saturated rings. The molecule has 0 radical (unpaired) electrons. The highest BCUT2D eigenvalue weighted by molar-refractivity contribution is 5.28. The van der Waals surface area contributed by atoms with Crippen molar-refractivity contribution in [3.63, 3.8) is 0 Å². The largest absolute Gasteiger partial charge is 0.433 e. The molecule has 1 heterocycles. The van der Waals surface area contributed by atoms with E-state index in [0.29, 0.717) is 5.56 Å². The molecule has 0 atom stereocenters. The van der Waals surface area contributed by atoms with Gasteiger partial charge in [0.25, 0.3) is 0 Å². The van der Waals surface area contributed by atoms with Gasteiger partial charge in [-0.3, -0.25) is 4.98 Å². The smallest absolute Gasteiger partial charge is 0.344 e. The number of aromatic nitrogens is 1. The van der Waals surface area contributed by atoms with Gasteiger partial charge in [-0.1, -0.05) is 0 Å². The van der Waals surface area contributed by atoms with E-state index < -0.39 is 11.9 Å². The van der Waals surface area contributed by atoms with Gasteiger partial charge in [0.05, 0.1) is 0 Å². The molecule has 13 heavy (non-hydrogen) atoms. The molecule has 0 spiro atoms. The van der Waals surface area contributed by atoms with Crippen LogP contribution < -0.4 is 6.15 Å². The molecule has 1 aromatic heterocycles. The summed E-state index contributed by atoms with van der Waals surface area (Å²) in [6.07, 6.45) is -3.17. The molecule has 0 unspecified atom stereocenters. The van der Waals surface area contributed by atoms with Gasteiger partial charge in [0.15, 0.2) is 0 Å². The summed E-state index contributed by atoms with van der Waals surface area (Å²) in [6, 6.07) is 1.56. The Hall–Kier alpha value is -1.10. The zero-order valence-corrected chi connectivity index (χ0v) is 7.44. The monoisotopic (exact) mass is 192 g/mol. The van der Waals surface area contributed by atoms with Gasteiger partial charge >= 0.3 is 6.18 Å². The van der Waals surface area contributed by atoms with Gasteiger partial charge in [0.2, 0.25) is 0 Å². The quantitative estimate of drug-likeness (QED) is 0.687. The molecule has 0 aliphatic heterocycles. The van der Waals surface area contributed by atoms with Crippen molar-refractivity contribution in [2.75, 3.05) is 0 Å². The van der Waals surface area contributed by atoms with Gasteiger partial charge in [-0.2, -0.15) is 13.2 Å². The third-order valence-corrected chi connectivity index (χ3v) is 1.74. The fourth-order valence-electron chi connectivity index (χ4n) is 0.918. The minimum absolute atomic E-state index is 0. The van der Waals surface area contributed by atoms with Crippen LogP contribution in [0.25, 0.3) is 0 Å². The van der Waals surface area contributed by atoms with E-state index in [-0.39, 0.29) is 11.7 Å². The van der Waals surface area contributed by atoms with E-state index in [1.54, 1.807) is 13.0 Å². The van der Waals surface area contributed by atoms with Crippen molar-refractivity contribution in [3.05, 3.63) is 29.1 Å². The van der Waals surface area contributed by atoms with Crippen LogP contribution in [0, 0.1) is 13.8 Å². The van der Waals surface area contributed by atoms with Crippen molar-refractivity contribution in [1.82, 2.24) is 11.1 Å². The molecule has 3 N–H and O–H groups in total. The molecule has 0 amide bonds. The van der Waals surface area contributed by atoms with Crippen molar-refractivity contribution < 1.29 is 13.2 Å². The number of hydrogen-bond acceptors (Lipinski definition) is 2. The van der Waals surface area contributed by atoms with Gasteiger partial charge in [0.1, 0.15) is 5.69 Å². The summed E-state index contributed by atoms with van der Waals surface area (Å²) in [5.74, 6) is 0. The second-order valence-corrected chi connectivity index (χ2v) is 2.60. The number of alkyl halides is 3. The van der Waals surface area contributed by atoms with Crippen molar-refractivity contribution >= 4 is 0 Å². The van der Waals surface area contributed by atoms with Crippen LogP contribution in [-0.2, 0) is 6.18 Å². The lowest BCUT2D eigenvalue weighted by Crippen LogP contribution is -2.10. The lowest BCUT2D eigenvalue weighted by Gasteiger charge is -2.09.